The predicted molar refractivity (Wildman–Crippen MR) is 102 cm³/mol. The Morgan fingerprint density at radius 3 is 2.31 bits per heavy atom. The molecule has 0 fully saturated rings. The highest BCUT2D eigenvalue weighted by atomic mass is 32.2. The number of sulfonamides is 1. The molecule has 3 rings (SSSR count). The average Bonchev–Trinajstić information content (AvgIpc) is 2.69. The Bertz CT molecular complexity index is 1160. The molecule has 10 heteroatoms. The van der Waals surface area contributed by atoms with Crippen LogP contribution in [0.15, 0.2) is 64.3 Å². The number of ether oxygens (including phenoxy) is 1. The summed E-state index contributed by atoms with van der Waals surface area (Å²) < 4.78 is 59.3. The molecule has 0 amide bonds. The maximum Gasteiger partial charge on any atom is 0.266 e. The number of nitrogens with zero attached hydrogens (tertiary/aromatic N) is 2. The number of rotatable bonds is 7. The number of hydrogen-bond donors (Lipinski definition) is 1. The molecule has 0 spiro atoms. The second-order valence-corrected chi connectivity index (χ2v) is 7.78. The second-order valence-electron chi connectivity index (χ2n) is 6.01. The van der Waals surface area contributed by atoms with E-state index in [1.807, 2.05) is 0 Å². The van der Waals surface area contributed by atoms with Gasteiger partial charge in [0.2, 0.25) is 10.0 Å². The van der Waals surface area contributed by atoms with Crippen LogP contribution in [0.3, 0.4) is 0 Å². The maximum atomic E-state index is 13.3. The number of nitrogens with one attached hydrogen (secondary N) is 1. The Hall–Kier alpha value is -3.11. The van der Waals surface area contributed by atoms with Gasteiger partial charge in [-0.1, -0.05) is 0 Å². The average molecular weight is 421 g/mol. The summed E-state index contributed by atoms with van der Waals surface area (Å²) in [6.45, 7) is -0.265. The molecular weight excluding hydrogens is 404 g/mol. The molecule has 1 N–H and O–H groups in total. The third-order valence-electron chi connectivity index (χ3n) is 4.01. The SMILES string of the molecule is COc1ccc(-c2ccc(=O)n(CCNS(=O)(=O)c3cc(F)cc(F)c3)n2)cc1. The van der Waals surface area contributed by atoms with Gasteiger partial charge >= 0.3 is 0 Å². The van der Waals surface area contributed by atoms with E-state index >= 15 is 0 Å². The van der Waals surface area contributed by atoms with Gasteiger partial charge in [0.25, 0.3) is 5.56 Å². The van der Waals surface area contributed by atoms with Crippen molar-refractivity contribution in [3.05, 3.63) is 76.6 Å². The van der Waals surface area contributed by atoms with E-state index < -0.39 is 32.1 Å². The molecule has 0 aliphatic heterocycles. The van der Waals surface area contributed by atoms with Crippen molar-refractivity contribution < 1.29 is 21.9 Å². The van der Waals surface area contributed by atoms with E-state index in [1.54, 1.807) is 37.4 Å². The Morgan fingerprint density at radius 1 is 1.03 bits per heavy atom. The molecule has 1 aromatic heterocycles. The monoisotopic (exact) mass is 421 g/mol. The molecule has 0 radical (unpaired) electrons. The molecule has 0 unspecified atom stereocenters. The van der Waals surface area contributed by atoms with Gasteiger partial charge in [0.05, 0.1) is 24.2 Å². The van der Waals surface area contributed by atoms with Crippen LogP contribution in [0.2, 0.25) is 0 Å². The van der Waals surface area contributed by atoms with E-state index in [4.69, 9.17) is 4.74 Å². The molecule has 0 aliphatic rings. The lowest BCUT2D eigenvalue weighted by Crippen LogP contribution is -2.32. The highest BCUT2D eigenvalue weighted by Crippen LogP contribution is 2.19. The van der Waals surface area contributed by atoms with Gasteiger partial charge < -0.3 is 4.74 Å². The fraction of sp³-hybridized carbons (Fsp3) is 0.158. The van der Waals surface area contributed by atoms with Crippen molar-refractivity contribution in [1.82, 2.24) is 14.5 Å². The van der Waals surface area contributed by atoms with Gasteiger partial charge in [0.1, 0.15) is 17.4 Å². The first-order valence-corrected chi connectivity index (χ1v) is 9.95. The van der Waals surface area contributed by atoms with E-state index in [0.29, 0.717) is 29.6 Å². The second kappa shape index (κ2) is 8.50. The molecule has 0 aliphatic carbocycles. The predicted octanol–water partition coefficient (Wildman–Crippen LogP) is 2.18. The standard InChI is InChI=1S/C19H17F2N3O4S/c1-28-16-4-2-13(3-5-16)18-6-7-19(25)24(23-18)9-8-22-29(26,27)17-11-14(20)10-15(21)12-17/h2-7,10-12,22H,8-9H2,1H3. The molecule has 29 heavy (non-hydrogen) atoms. The van der Waals surface area contributed by atoms with E-state index in [1.165, 1.54) is 6.07 Å². The van der Waals surface area contributed by atoms with Crippen molar-refractivity contribution in [2.75, 3.05) is 13.7 Å². The molecule has 0 saturated carbocycles. The van der Waals surface area contributed by atoms with Crippen LogP contribution in [0, 0.1) is 11.6 Å². The Kier molecular flexibility index (Phi) is 6.04. The topological polar surface area (TPSA) is 90.3 Å². The van der Waals surface area contributed by atoms with E-state index in [2.05, 4.69) is 9.82 Å². The number of methoxy groups -OCH3 is 1. The summed E-state index contributed by atoms with van der Waals surface area (Å²) in [5.74, 6) is -1.34. The van der Waals surface area contributed by atoms with Crippen LogP contribution < -0.4 is 15.0 Å². The molecule has 3 aromatic rings. The normalized spacial score (nSPS) is 11.4. The summed E-state index contributed by atoms with van der Waals surface area (Å²) in [6, 6.07) is 11.9. The van der Waals surface area contributed by atoms with Gasteiger partial charge in [-0.25, -0.2) is 26.6 Å². The van der Waals surface area contributed by atoms with Gasteiger partial charge in [0.15, 0.2) is 0 Å². The van der Waals surface area contributed by atoms with Crippen LogP contribution in [0.25, 0.3) is 11.3 Å². The fourth-order valence-corrected chi connectivity index (χ4v) is 3.64. The van der Waals surface area contributed by atoms with Crippen LogP contribution in [0.4, 0.5) is 8.78 Å². The summed E-state index contributed by atoms with van der Waals surface area (Å²) in [4.78, 5) is 11.5. The summed E-state index contributed by atoms with van der Waals surface area (Å²) in [7, 11) is -2.60. The van der Waals surface area contributed by atoms with Gasteiger partial charge in [-0.3, -0.25) is 4.79 Å². The zero-order chi connectivity index (χ0) is 21.0. The van der Waals surface area contributed by atoms with Crippen molar-refractivity contribution in [3.63, 3.8) is 0 Å². The quantitative estimate of drug-likeness (QED) is 0.632. The molecule has 7 nitrogen and oxygen atoms in total. The minimum Gasteiger partial charge on any atom is -0.497 e. The van der Waals surface area contributed by atoms with Gasteiger partial charge in [-0.2, -0.15) is 5.10 Å². The van der Waals surface area contributed by atoms with E-state index in [0.717, 1.165) is 10.2 Å². The van der Waals surface area contributed by atoms with Gasteiger partial charge in [0, 0.05) is 24.2 Å². The van der Waals surface area contributed by atoms with Crippen LogP contribution in [0.5, 0.6) is 5.75 Å². The number of benzene rings is 2. The lowest BCUT2D eigenvalue weighted by Gasteiger charge is -2.10. The van der Waals surface area contributed by atoms with Crippen molar-refractivity contribution >= 4 is 10.0 Å². The third-order valence-corrected chi connectivity index (χ3v) is 5.45. The smallest absolute Gasteiger partial charge is 0.266 e. The Labute approximate surface area is 165 Å². The fourth-order valence-electron chi connectivity index (χ4n) is 2.58. The van der Waals surface area contributed by atoms with Crippen LogP contribution in [-0.2, 0) is 16.6 Å². The number of hydrogen-bond acceptors (Lipinski definition) is 5. The summed E-state index contributed by atoms with van der Waals surface area (Å²) in [6.07, 6.45) is 0. The van der Waals surface area contributed by atoms with E-state index in [-0.39, 0.29) is 13.1 Å². The van der Waals surface area contributed by atoms with E-state index in [9.17, 15) is 22.0 Å². The van der Waals surface area contributed by atoms with Crippen LogP contribution >= 0.6 is 0 Å². The minimum absolute atomic E-state index is 0.0696. The van der Waals surface area contributed by atoms with Gasteiger partial charge in [-0.05, 0) is 42.5 Å². The molecule has 2 aromatic carbocycles. The maximum absolute atomic E-state index is 13.3. The van der Waals surface area contributed by atoms with Crippen molar-refractivity contribution in [3.8, 4) is 17.0 Å². The lowest BCUT2D eigenvalue weighted by molar-refractivity contribution is 0.415. The molecule has 0 saturated heterocycles. The first-order valence-electron chi connectivity index (χ1n) is 8.47. The van der Waals surface area contributed by atoms with Crippen molar-refractivity contribution in [2.24, 2.45) is 0 Å². The zero-order valence-electron chi connectivity index (χ0n) is 15.3. The number of aromatic nitrogens is 2. The summed E-state index contributed by atoms with van der Waals surface area (Å²) >= 11 is 0. The molecule has 0 atom stereocenters. The summed E-state index contributed by atoms with van der Waals surface area (Å²) in [5.41, 5.74) is 0.843. The largest absolute Gasteiger partial charge is 0.497 e. The minimum atomic E-state index is -4.15. The first-order chi connectivity index (χ1) is 13.8. The highest BCUT2D eigenvalue weighted by molar-refractivity contribution is 7.89. The molecule has 152 valence electrons. The van der Waals surface area contributed by atoms with Crippen molar-refractivity contribution in [1.29, 1.82) is 0 Å². The summed E-state index contributed by atoms with van der Waals surface area (Å²) in [5, 5.41) is 4.23. The Morgan fingerprint density at radius 2 is 1.69 bits per heavy atom. The molecule has 1 heterocycles. The number of halogens is 2. The zero-order valence-corrected chi connectivity index (χ0v) is 16.1. The lowest BCUT2D eigenvalue weighted by atomic mass is 10.1. The van der Waals surface area contributed by atoms with Gasteiger partial charge in [-0.15, -0.1) is 0 Å². The highest BCUT2D eigenvalue weighted by Gasteiger charge is 2.16. The third kappa shape index (κ3) is 5.04. The van der Waals surface area contributed by atoms with Crippen LogP contribution in [-0.4, -0.2) is 31.9 Å². The molecular formula is C19H17F2N3O4S. The first kappa shape index (κ1) is 20.6. The van der Waals surface area contributed by atoms with Crippen LogP contribution in [0.1, 0.15) is 0 Å². The Balaban J connectivity index is 1.74. The van der Waals surface area contributed by atoms with Crippen molar-refractivity contribution in [2.45, 2.75) is 11.4 Å². The molecule has 0 bridgehead atoms.